The topological polar surface area (TPSA) is 111 Å². The van der Waals surface area contributed by atoms with E-state index in [0.717, 1.165) is 12.3 Å². The lowest BCUT2D eigenvalue weighted by molar-refractivity contribution is -0.385. The maximum atomic E-state index is 11.9. The molecule has 0 saturated heterocycles. The highest BCUT2D eigenvalue weighted by atomic mass is 35.5. The Bertz CT molecular complexity index is 462. The van der Waals surface area contributed by atoms with Gasteiger partial charge in [-0.2, -0.15) is 0 Å². The van der Waals surface area contributed by atoms with Crippen LogP contribution in [0.4, 0.5) is 5.69 Å². The largest absolute Gasteiger partial charge is 0.348 e. The molecule has 0 aliphatic carbocycles. The summed E-state index contributed by atoms with van der Waals surface area (Å²) in [5.41, 5.74) is 4.95. The van der Waals surface area contributed by atoms with Crippen LogP contribution in [0.1, 0.15) is 23.7 Å². The molecule has 1 amide bonds. The fraction of sp³-hybridized carbons (Fsp3) is 0.400. The summed E-state index contributed by atoms with van der Waals surface area (Å²) in [6.07, 6.45) is 1.59. The molecule has 0 aromatic carbocycles. The lowest BCUT2D eigenvalue weighted by Crippen LogP contribution is -2.39. The van der Waals surface area contributed by atoms with E-state index in [1.54, 1.807) is 0 Å². The molecular weight excluding hydrogens is 260 g/mol. The van der Waals surface area contributed by atoms with Gasteiger partial charge in [-0.1, -0.05) is 18.5 Å². The van der Waals surface area contributed by atoms with Crippen molar-refractivity contribution < 1.29 is 9.72 Å². The van der Waals surface area contributed by atoms with Crippen molar-refractivity contribution in [3.63, 3.8) is 0 Å². The van der Waals surface area contributed by atoms with Gasteiger partial charge in [0.05, 0.1) is 4.92 Å². The van der Waals surface area contributed by atoms with Gasteiger partial charge in [-0.25, -0.2) is 4.98 Å². The van der Waals surface area contributed by atoms with Crippen LogP contribution < -0.4 is 11.1 Å². The number of nitro groups is 1. The van der Waals surface area contributed by atoms with Gasteiger partial charge in [-0.3, -0.25) is 14.9 Å². The molecule has 18 heavy (non-hydrogen) atoms. The van der Waals surface area contributed by atoms with Gasteiger partial charge in [0.25, 0.3) is 11.6 Å². The monoisotopic (exact) mass is 272 g/mol. The van der Waals surface area contributed by atoms with Crippen molar-refractivity contribution in [2.75, 3.05) is 6.54 Å². The lowest BCUT2D eigenvalue weighted by Gasteiger charge is -2.14. The van der Waals surface area contributed by atoms with Gasteiger partial charge in [0.2, 0.25) is 0 Å². The summed E-state index contributed by atoms with van der Waals surface area (Å²) in [6, 6.07) is 0.933. The van der Waals surface area contributed by atoms with Crippen LogP contribution in [0.5, 0.6) is 0 Å². The quantitative estimate of drug-likeness (QED) is 0.474. The predicted molar refractivity (Wildman–Crippen MR) is 66.5 cm³/mol. The second-order valence-corrected chi connectivity index (χ2v) is 3.98. The lowest BCUT2D eigenvalue weighted by atomic mass is 10.1. The van der Waals surface area contributed by atoms with E-state index in [9.17, 15) is 14.9 Å². The minimum atomic E-state index is -0.679. The van der Waals surface area contributed by atoms with Gasteiger partial charge >= 0.3 is 0 Å². The molecule has 1 aromatic heterocycles. The average Bonchev–Trinajstić information content (AvgIpc) is 2.35. The zero-order valence-corrected chi connectivity index (χ0v) is 10.5. The van der Waals surface area contributed by atoms with Crippen molar-refractivity contribution in [2.45, 2.75) is 19.4 Å². The van der Waals surface area contributed by atoms with Crippen LogP contribution in [0.2, 0.25) is 5.15 Å². The third kappa shape index (κ3) is 3.38. The van der Waals surface area contributed by atoms with E-state index < -0.39 is 10.8 Å². The van der Waals surface area contributed by atoms with Crippen molar-refractivity contribution >= 4 is 23.2 Å². The number of hydrogen-bond donors (Lipinski definition) is 2. The molecule has 0 bridgehead atoms. The molecule has 1 unspecified atom stereocenters. The average molecular weight is 273 g/mol. The predicted octanol–water partition coefficient (Wildman–Crippen LogP) is 1.11. The van der Waals surface area contributed by atoms with Gasteiger partial charge in [-0.15, -0.1) is 0 Å². The summed E-state index contributed by atoms with van der Waals surface area (Å²) in [5, 5.41) is 13.4. The number of nitrogens with two attached hydrogens (primary N) is 1. The van der Waals surface area contributed by atoms with Crippen LogP contribution in [-0.4, -0.2) is 28.4 Å². The highest BCUT2D eigenvalue weighted by Crippen LogP contribution is 2.20. The molecule has 1 heterocycles. The van der Waals surface area contributed by atoms with Crippen molar-refractivity contribution in [1.29, 1.82) is 0 Å². The first-order valence-corrected chi connectivity index (χ1v) is 5.68. The third-order valence-corrected chi connectivity index (χ3v) is 2.61. The zero-order chi connectivity index (χ0) is 13.7. The molecule has 1 atom stereocenters. The van der Waals surface area contributed by atoms with E-state index in [1.807, 2.05) is 6.92 Å². The third-order valence-electron chi connectivity index (χ3n) is 2.40. The molecule has 0 fully saturated rings. The number of aromatic nitrogens is 1. The Morgan fingerprint density at radius 3 is 2.89 bits per heavy atom. The molecule has 1 rings (SSSR count). The van der Waals surface area contributed by atoms with Crippen LogP contribution in [0.25, 0.3) is 0 Å². The van der Waals surface area contributed by atoms with E-state index in [-0.39, 0.29) is 29.0 Å². The minimum Gasteiger partial charge on any atom is -0.348 e. The van der Waals surface area contributed by atoms with E-state index >= 15 is 0 Å². The smallest absolute Gasteiger partial charge is 0.300 e. The van der Waals surface area contributed by atoms with Crippen LogP contribution in [0, 0.1) is 10.1 Å². The van der Waals surface area contributed by atoms with Crippen molar-refractivity contribution in [1.82, 2.24) is 10.3 Å². The van der Waals surface area contributed by atoms with Crippen LogP contribution in [0.15, 0.2) is 12.3 Å². The Morgan fingerprint density at radius 2 is 2.39 bits per heavy atom. The molecule has 0 radical (unpaired) electrons. The van der Waals surface area contributed by atoms with Crippen LogP contribution in [-0.2, 0) is 0 Å². The summed E-state index contributed by atoms with van der Waals surface area (Å²) >= 11 is 5.63. The molecule has 98 valence electrons. The van der Waals surface area contributed by atoms with E-state index in [4.69, 9.17) is 17.3 Å². The summed E-state index contributed by atoms with van der Waals surface area (Å²) in [7, 11) is 0. The van der Waals surface area contributed by atoms with Gasteiger partial charge in [-0.05, 0) is 12.5 Å². The van der Waals surface area contributed by atoms with Gasteiger partial charge in [0.15, 0.2) is 0 Å². The van der Waals surface area contributed by atoms with Crippen molar-refractivity contribution in [3.8, 4) is 0 Å². The van der Waals surface area contributed by atoms with E-state index in [0.29, 0.717) is 6.42 Å². The number of nitrogens with zero attached hydrogens (tertiary/aromatic N) is 2. The number of nitrogens with one attached hydrogen (secondary N) is 1. The Balaban J connectivity index is 3.03. The fourth-order valence-electron chi connectivity index (χ4n) is 1.34. The molecule has 0 aliphatic heterocycles. The maximum Gasteiger partial charge on any atom is 0.300 e. The Hall–Kier alpha value is -1.73. The number of amides is 1. The highest BCUT2D eigenvalue weighted by Gasteiger charge is 2.22. The summed E-state index contributed by atoms with van der Waals surface area (Å²) < 4.78 is 0. The molecule has 0 aliphatic rings. The first-order chi connectivity index (χ1) is 8.49. The number of pyridine rings is 1. The van der Waals surface area contributed by atoms with E-state index in [2.05, 4.69) is 10.3 Å². The van der Waals surface area contributed by atoms with Gasteiger partial charge in [0.1, 0.15) is 16.9 Å². The van der Waals surface area contributed by atoms with E-state index in [1.165, 1.54) is 0 Å². The molecule has 8 heteroatoms. The second kappa shape index (κ2) is 6.27. The van der Waals surface area contributed by atoms with Crippen molar-refractivity contribution in [3.05, 3.63) is 33.1 Å². The first kappa shape index (κ1) is 14.3. The standard InChI is InChI=1S/C10H13ClN4O3/c1-2-6(4-12)14-10(16)7-3-9(11)13-5-8(7)15(17)18/h3,5-6H,2,4,12H2,1H3,(H,14,16). The number of carbonyl (C=O) groups excluding carboxylic acids is 1. The molecule has 0 saturated carbocycles. The Morgan fingerprint density at radius 1 is 1.72 bits per heavy atom. The Labute approximate surface area is 108 Å². The molecule has 3 N–H and O–H groups in total. The van der Waals surface area contributed by atoms with Gasteiger partial charge < -0.3 is 11.1 Å². The van der Waals surface area contributed by atoms with Crippen LogP contribution in [0.3, 0.4) is 0 Å². The summed E-state index contributed by atoms with van der Waals surface area (Å²) in [6.45, 7) is 2.11. The SMILES string of the molecule is CCC(CN)NC(=O)c1cc(Cl)ncc1[N+](=O)[O-]. The number of rotatable bonds is 5. The fourth-order valence-corrected chi connectivity index (χ4v) is 1.50. The minimum absolute atomic E-state index is 0.0200. The number of carbonyl (C=O) groups is 1. The summed E-state index contributed by atoms with van der Waals surface area (Å²) in [5.74, 6) is -0.580. The number of hydrogen-bond acceptors (Lipinski definition) is 5. The first-order valence-electron chi connectivity index (χ1n) is 5.30. The van der Waals surface area contributed by atoms with Crippen molar-refractivity contribution in [2.24, 2.45) is 5.73 Å². The molecule has 7 nitrogen and oxygen atoms in total. The molecule has 0 spiro atoms. The second-order valence-electron chi connectivity index (χ2n) is 3.60. The molecular formula is C10H13ClN4O3. The van der Waals surface area contributed by atoms with Gasteiger partial charge in [0, 0.05) is 12.6 Å². The zero-order valence-electron chi connectivity index (χ0n) is 9.72. The normalized spacial score (nSPS) is 11.9. The van der Waals surface area contributed by atoms with Crippen LogP contribution >= 0.6 is 11.6 Å². The number of halogens is 1. The molecule has 1 aromatic rings. The Kier molecular flexibility index (Phi) is 4.99. The highest BCUT2D eigenvalue weighted by molar-refractivity contribution is 6.29. The maximum absolute atomic E-state index is 11.9. The summed E-state index contributed by atoms with van der Waals surface area (Å²) in [4.78, 5) is 25.6.